The zero-order valence-corrected chi connectivity index (χ0v) is 18.4. The van der Waals surface area contributed by atoms with E-state index in [1.807, 2.05) is 6.92 Å². The summed E-state index contributed by atoms with van der Waals surface area (Å²) in [5, 5.41) is 4.13. The normalized spacial score (nSPS) is 20.0. The molecular formula is C21H28N6O2S. The molecule has 3 aromatic rings. The van der Waals surface area contributed by atoms with Crippen LogP contribution in [0.4, 0.5) is 11.8 Å². The minimum atomic E-state index is -3.78. The van der Waals surface area contributed by atoms with E-state index in [1.165, 1.54) is 10.2 Å². The Labute approximate surface area is 177 Å². The monoisotopic (exact) mass is 428 g/mol. The lowest BCUT2D eigenvalue weighted by Gasteiger charge is -2.33. The van der Waals surface area contributed by atoms with Crippen LogP contribution in [0.3, 0.4) is 0 Å². The van der Waals surface area contributed by atoms with Gasteiger partial charge in [-0.05, 0) is 64.9 Å². The van der Waals surface area contributed by atoms with Crippen molar-refractivity contribution in [3.8, 4) is 0 Å². The lowest BCUT2D eigenvalue weighted by atomic mass is 9.90. The number of anilines is 2. The molecular weight excluding hydrogens is 400 g/mol. The van der Waals surface area contributed by atoms with Crippen LogP contribution >= 0.6 is 0 Å². The fraction of sp³-hybridized carbons (Fsp3) is 0.429. The van der Waals surface area contributed by atoms with Crippen molar-refractivity contribution in [2.45, 2.75) is 49.6 Å². The second-order valence-electron chi connectivity index (χ2n) is 8.21. The molecule has 8 nitrogen and oxygen atoms in total. The summed E-state index contributed by atoms with van der Waals surface area (Å²) in [4.78, 5) is 11.1. The predicted octanol–water partition coefficient (Wildman–Crippen LogP) is 2.84. The van der Waals surface area contributed by atoms with E-state index in [1.54, 1.807) is 30.3 Å². The number of hydrogen-bond donors (Lipinski definition) is 2. The smallest absolute Gasteiger partial charge is 0.269 e. The molecule has 1 aliphatic rings. The first-order valence-electron chi connectivity index (χ1n) is 10.2. The number of fused-ring (bicyclic) bond motifs is 1. The average Bonchev–Trinajstić information content (AvgIpc) is 3.13. The summed E-state index contributed by atoms with van der Waals surface area (Å²) >= 11 is 0. The van der Waals surface area contributed by atoms with Gasteiger partial charge >= 0.3 is 0 Å². The number of nitrogens with two attached hydrogens (primary N) is 1. The molecule has 0 bridgehead atoms. The van der Waals surface area contributed by atoms with Gasteiger partial charge in [-0.2, -0.15) is 9.97 Å². The standard InChI is InChI=1S/C21H28N6O2S/c1-14-4-10-17(11-5-14)30(28,29)27-13-12-18-19(24-21(22)25-20(18)27)23-15-6-8-16(9-7-15)26(2)3/h4-5,10-13,15-16H,6-9H2,1-3H3,(H3,22,23,24,25)/t15-,16-. The second kappa shape index (κ2) is 7.88. The molecule has 0 unspecified atom stereocenters. The van der Waals surface area contributed by atoms with Gasteiger partial charge in [-0.3, -0.25) is 0 Å². The molecule has 4 rings (SSSR count). The molecule has 0 atom stereocenters. The molecule has 1 fully saturated rings. The number of benzene rings is 1. The average molecular weight is 429 g/mol. The van der Waals surface area contributed by atoms with E-state index < -0.39 is 10.0 Å². The summed E-state index contributed by atoms with van der Waals surface area (Å²) in [7, 11) is 0.446. The fourth-order valence-corrected chi connectivity index (χ4v) is 5.36. The predicted molar refractivity (Wildman–Crippen MR) is 119 cm³/mol. The molecule has 0 radical (unpaired) electrons. The van der Waals surface area contributed by atoms with Gasteiger partial charge in [0.05, 0.1) is 10.3 Å². The van der Waals surface area contributed by atoms with E-state index in [4.69, 9.17) is 5.73 Å². The van der Waals surface area contributed by atoms with Crippen LogP contribution in [0.5, 0.6) is 0 Å². The van der Waals surface area contributed by atoms with Crippen molar-refractivity contribution in [2.75, 3.05) is 25.1 Å². The molecule has 0 aliphatic heterocycles. The Morgan fingerprint density at radius 1 is 1.07 bits per heavy atom. The molecule has 30 heavy (non-hydrogen) atoms. The van der Waals surface area contributed by atoms with E-state index in [2.05, 4.69) is 34.3 Å². The number of aryl methyl sites for hydroxylation is 1. The molecule has 9 heteroatoms. The summed E-state index contributed by atoms with van der Waals surface area (Å²) in [5.74, 6) is 0.634. The van der Waals surface area contributed by atoms with Crippen LogP contribution in [0.1, 0.15) is 31.2 Å². The van der Waals surface area contributed by atoms with Crippen LogP contribution in [-0.4, -0.2) is 53.4 Å². The summed E-state index contributed by atoms with van der Waals surface area (Å²) < 4.78 is 27.5. The van der Waals surface area contributed by atoms with Crippen LogP contribution in [0, 0.1) is 6.92 Å². The van der Waals surface area contributed by atoms with Gasteiger partial charge in [0.2, 0.25) is 5.95 Å². The minimum Gasteiger partial charge on any atom is -0.368 e. The number of aromatic nitrogens is 3. The SMILES string of the molecule is Cc1ccc(S(=O)(=O)n2ccc3c(N[C@H]4CC[C@H](N(C)C)CC4)nc(N)nc32)cc1. The Bertz CT molecular complexity index is 1150. The molecule has 1 aromatic carbocycles. The highest BCUT2D eigenvalue weighted by Gasteiger charge is 2.25. The number of nitrogens with one attached hydrogen (secondary N) is 1. The van der Waals surface area contributed by atoms with Gasteiger partial charge in [0, 0.05) is 18.3 Å². The maximum absolute atomic E-state index is 13.2. The first-order chi connectivity index (χ1) is 14.3. The van der Waals surface area contributed by atoms with Gasteiger partial charge < -0.3 is 16.0 Å². The van der Waals surface area contributed by atoms with Gasteiger partial charge in [-0.25, -0.2) is 12.4 Å². The second-order valence-corrected chi connectivity index (χ2v) is 10.0. The molecule has 0 saturated heterocycles. The summed E-state index contributed by atoms with van der Waals surface area (Å²) in [6.07, 6.45) is 5.78. The highest BCUT2D eigenvalue weighted by Crippen LogP contribution is 2.29. The number of rotatable bonds is 5. The van der Waals surface area contributed by atoms with E-state index in [0.717, 1.165) is 31.2 Å². The van der Waals surface area contributed by atoms with Crippen LogP contribution in [0.25, 0.3) is 11.0 Å². The minimum absolute atomic E-state index is 0.0473. The van der Waals surface area contributed by atoms with E-state index in [-0.39, 0.29) is 22.5 Å². The third-order valence-electron chi connectivity index (χ3n) is 5.87. The quantitative estimate of drug-likeness (QED) is 0.643. The van der Waals surface area contributed by atoms with Crippen molar-refractivity contribution in [1.29, 1.82) is 0 Å². The van der Waals surface area contributed by atoms with E-state index >= 15 is 0 Å². The molecule has 3 N–H and O–H groups in total. The maximum atomic E-state index is 13.2. The lowest BCUT2D eigenvalue weighted by Crippen LogP contribution is -2.36. The largest absolute Gasteiger partial charge is 0.368 e. The summed E-state index contributed by atoms with van der Waals surface area (Å²) in [6, 6.07) is 9.36. The molecule has 2 heterocycles. The Morgan fingerprint density at radius 2 is 1.73 bits per heavy atom. The topological polar surface area (TPSA) is 106 Å². The number of hydrogen-bond acceptors (Lipinski definition) is 7. The number of nitrogens with zero attached hydrogens (tertiary/aromatic N) is 4. The Balaban J connectivity index is 1.66. The zero-order chi connectivity index (χ0) is 21.5. The van der Waals surface area contributed by atoms with Gasteiger partial charge in [-0.15, -0.1) is 0 Å². The first-order valence-corrected chi connectivity index (χ1v) is 11.6. The highest BCUT2D eigenvalue weighted by atomic mass is 32.2. The summed E-state index contributed by atoms with van der Waals surface area (Å²) in [5.41, 5.74) is 7.22. The fourth-order valence-electron chi connectivity index (χ4n) is 4.07. The van der Waals surface area contributed by atoms with Gasteiger partial charge in [0.15, 0.2) is 5.65 Å². The molecule has 160 valence electrons. The van der Waals surface area contributed by atoms with E-state index in [9.17, 15) is 8.42 Å². The van der Waals surface area contributed by atoms with Crippen molar-refractivity contribution >= 4 is 32.8 Å². The van der Waals surface area contributed by atoms with Crippen molar-refractivity contribution in [2.24, 2.45) is 0 Å². The Morgan fingerprint density at radius 3 is 2.37 bits per heavy atom. The molecule has 1 aliphatic carbocycles. The number of nitrogen functional groups attached to an aromatic ring is 1. The van der Waals surface area contributed by atoms with Crippen molar-refractivity contribution in [1.82, 2.24) is 18.8 Å². The molecule has 2 aromatic heterocycles. The maximum Gasteiger partial charge on any atom is 0.269 e. The van der Waals surface area contributed by atoms with Gasteiger partial charge in [0.1, 0.15) is 5.82 Å². The van der Waals surface area contributed by atoms with Crippen LogP contribution in [0.15, 0.2) is 41.4 Å². The van der Waals surface area contributed by atoms with E-state index in [0.29, 0.717) is 17.2 Å². The molecule has 0 spiro atoms. The highest BCUT2D eigenvalue weighted by molar-refractivity contribution is 7.90. The van der Waals surface area contributed by atoms with Crippen LogP contribution in [-0.2, 0) is 10.0 Å². The zero-order valence-electron chi connectivity index (χ0n) is 17.5. The van der Waals surface area contributed by atoms with Gasteiger partial charge in [0.25, 0.3) is 10.0 Å². The van der Waals surface area contributed by atoms with Crippen LogP contribution < -0.4 is 11.1 Å². The molecule has 0 amide bonds. The van der Waals surface area contributed by atoms with Crippen molar-refractivity contribution in [3.05, 3.63) is 42.1 Å². The Kier molecular flexibility index (Phi) is 5.42. The lowest BCUT2D eigenvalue weighted by molar-refractivity contribution is 0.221. The van der Waals surface area contributed by atoms with Crippen molar-refractivity contribution < 1.29 is 8.42 Å². The third-order valence-corrected chi connectivity index (χ3v) is 7.55. The molecule has 1 saturated carbocycles. The summed E-state index contributed by atoms with van der Waals surface area (Å²) in [6.45, 7) is 1.92. The van der Waals surface area contributed by atoms with Gasteiger partial charge in [-0.1, -0.05) is 17.7 Å². The first kappa shape index (κ1) is 20.6. The Hall–Kier alpha value is -2.65. The third kappa shape index (κ3) is 3.87. The van der Waals surface area contributed by atoms with Crippen LogP contribution in [0.2, 0.25) is 0 Å². The van der Waals surface area contributed by atoms with Crippen molar-refractivity contribution in [3.63, 3.8) is 0 Å².